The molecule has 0 spiro atoms. The third-order valence-corrected chi connectivity index (χ3v) is 8.10. The largest absolute Gasteiger partial charge is 0.339 e. The summed E-state index contributed by atoms with van der Waals surface area (Å²) in [4.78, 5) is 28.5. The van der Waals surface area contributed by atoms with Gasteiger partial charge in [0.2, 0.25) is 5.91 Å². The molecule has 2 aromatic rings. The van der Waals surface area contributed by atoms with Gasteiger partial charge in [-0.3, -0.25) is 4.79 Å². The van der Waals surface area contributed by atoms with E-state index in [0.29, 0.717) is 0 Å². The van der Waals surface area contributed by atoms with Crippen LogP contribution in [0.5, 0.6) is 0 Å². The zero-order valence-corrected chi connectivity index (χ0v) is 16.7. The Labute approximate surface area is 160 Å². The molecule has 5 rings (SSSR count). The summed E-state index contributed by atoms with van der Waals surface area (Å²) in [5.41, 5.74) is 2.98. The fraction of sp³-hybridized carbons (Fsp3) is 0.591. The Kier molecular flexibility index (Phi) is 3.35. The van der Waals surface area contributed by atoms with Crippen LogP contribution in [-0.2, 0) is 15.6 Å². The molecule has 0 radical (unpaired) electrons. The average Bonchev–Trinajstić information content (AvgIpc) is 2.96. The van der Waals surface area contributed by atoms with Crippen LogP contribution in [0.15, 0.2) is 24.3 Å². The molecule has 1 saturated carbocycles. The number of para-hydroxylation sites is 2. The van der Waals surface area contributed by atoms with E-state index in [4.69, 9.17) is 9.97 Å². The monoisotopic (exact) mass is 364 g/mol. The molecule has 2 aliphatic carbocycles. The van der Waals surface area contributed by atoms with Gasteiger partial charge in [0.15, 0.2) is 0 Å². The lowest BCUT2D eigenvalue weighted by atomic mass is 9.63. The number of hydrogen-bond acceptors (Lipinski definition) is 4. The second-order valence-corrected chi connectivity index (χ2v) is 9.37. The van der Waals surface area contributed by atoms with Crippen LogP contribution in [0.2, 0.25) is 0 Å². The summed E-state index contributed by atoms with van der Waals surface area (Å²) >= 11 is 0. The standard InChI is InChI=1S/C22H28N4O/c1-20(2)21(3)9-10-22(20,19(27)26-13-11-25(4)12-14-26)18-17(21)23-15-7-5-6-8-16(15)24-18/h5-8H,9-14H2,1-4H3/t21-,22+/m1/s1. The van der Waals surface area contributed by atoms with E-state index in [0.717, 1.165) is 61.4 Å². The molecule has 1 amide bonds. The van der Waals surface area contributed by atoms with Crippen molar-refractivity contribution >= 4 is 16.9 Å². The Morgan fingerprint density at radius 1 is 0.926 bits per heavy atom. The Morgan fingerprint density at radius 3 is 2.15 bits per heavy atom. The van der Waals surface area contributed by atoms with E-state index >= 15 is 0 Å². The van der Waals surface area contributed by atoms with Crippen LogP contribution in [0.1, 0.15) is 45.0 Å². The van der Waals surface area contributed by atoms with Crippen molar-refractivity contribution in [2.75, 3.05) is 33.2 Å². The Hall–Kier alpha value is -2.01. The fourth-order valence-electron chi connectivity index (χ4n) is 5.80. The highest BCUT2D eigenvalue weighted by Crippen LogP contribution is 2.70. The molecule has 1 saturated heterocycles. The Balaban J connectivity index is 1.70. The number of carbonyl (C=O) groups is 1. The zero-order chi connectivity index (χ0) is 19.0. The molecule has 2 heterocycles. The van der Waals surface area contributed by atoms with Crippen LogP contribution in [0.3, 0.4) is 0 Å². The van der Waals surface area contributed by atoms with Crippen molar-refractivity contribution in [1.82, 2.24) is 19.8 Å². The van der Waals surface area contributed by atoms with E-state index in [9.17, 15) is 4.79 Å². The average molecular weight is 364 g/mol. The lowest BCUT2D eigenvalue weighted by Gasteiger charge is -2.44. The molecule has 142 valence electrons. The van der Waals surface area contributed by atoms with Gasteiger partial charge in [0, 0.05) is 31.6 Å². The summed E-state index contributed by atoms with van der Waals surface area (Å²) in [5, 5.41) is 0. The van der Waals surface area contributed by atoms with Crippen molar-refractivity contribution in [2.24, 2.45) is 5.41 Å². The van der Waals surface area contributed by atoms with E-state index in [1.165, 1.54) is 0 Å². The van der Waals surface area contributed by atoms with Gasteiger partial charge in [0.25, 0.3) is 0 Å². The van der Waals surface area contributed by atoms with Gasteiger partial charge in [0.1, 0.15) is 0 Å². The SMILES string of the molecule is CN1CCN(C(=O)[C@]23CC[C@](C)(c4nc5ccccc5nc42)C3(C)C)CC1. The van der Waals surface area contributed by atoms with E-state index in [-0.39, 0.29) is 16.7 Å². The lowest BCUT2D eigenvalue weighted by Crippen LogP contribution is -2.57. The number of piperazine rings is 1. The first kappa shape index (κ1) is 17.1. The summed E-state index contributed by atoms with van der Waals surface area (Å²) in [6, 6.07) is 8.05. The summed E-state index contributed by atoms with van der Waals surface area (Å²) < 4.78 is 0. The molecule has 1 aromatic heterocycles. The van der Waals surface area contributed by atoms with Gasteiger partial charge in [-0.2, -0.15) is 0 Å². The molecule has 27 heavy (non-hydrogen) atoms. The molecule has 0 unspecified atom stereocenters. The molecule has 5 heteroatoms. The molecular formula is C22H28N4O. The number of rotatable bonds is 1. The smallest absolute Gasteiger partial charge is 0.235 e. The molecule has 0 N–H and O–H groups in total. The van der Waals surface area contributed by atoms with Crippen LogP contribution in [0.25, 0.3) is 11.0 Å². The van der Waals surface area contributed by atoms with Crippen LogP contribution in [0, 0.1) is 5.41 Å². The second-order valence-electron chi connectivity index (χ2n) is 9.37. The molecular weight excluding hydrogens is 336 g/mol. The summed E-state index contributed by atoms with van der Waals surface area (Å²) in [5.74, 6) is 0.271. The van der Waals surface area contributed by atoms with Gasteiger partial charge >= 0.3 is 0 Å². The van der Waals surface area contributed by atoms with Crippen LogP contribution >= 0.6 is 0 Å². The quantitative estimate of drug-likeness (QED) is 0.781. The first-order valence-corrected chi connectivity index (χ1v) is 10.1. The number of carbonyl (C=O) groups excluding carboxylic acids is 1. The molecule has 1 aliphatic heterocycles. The maximum atomic E-state index is 14.0. The molecule has 2 bridgehead atoms. The third-order valence-electron chi connectivity index (χ3n) is 8.10. The maximum Gasteiger partial charge on any atom is 0.235 e. The highest BCUT2D eigenvalue weighted by atomic mass is 16.2. The number of likely N-dealkylation sites (N-methyl/N-ethyl adjacent to an activating group) is 1. The Morgan fingerprint density at radius 2 is 1.52 bits per heavy atom. The van der Waals surface area contributed by atoms with Crippen molar-refractivity contribution in [3.63, 3.8) is 0 Å². The minimum absolute atomic E-state index is 0.110. The number of hydrogen-bond donors (Lipinski definition) is 0. The normalized spacial score (nSPS) is 32.1. The van der Waals surface area contributed by atoms with Crippen molar-refractivity contribution in [3.8, 4) is 0 Å². The third kappa shape index (κ3) is 1.91. The highest BCUT2D eigenvalue weighted by Gasteiger charge is 2.73. The van der Waals surface area contributed by atoms with Gasteiger partial charge < -0.3 is 9.80 Å². The van der Waals surface area contributed by atoms with Gasteiger partial charge in [-0.05, 0) is 37.4 Å². The first-order valence-electron chi connectivity index (χ1n) is 10.1. The van der Waals surface area contributed by atoms with E-state index < -0.39 is 5.41 Å². The van der Waals surface area contributed by atoms with Gasteiger partial charge in [-0.15, -0.1) is 0 Å². The predicted octanol–water partition coefficient (Wildman–Crippen LogP) is 2.73. The lowest BCUT2D eigenvalue weighted by molar-refractivity contribution is -0.143. The van der Waals surface area contributed by atoms with Crippen LogP contribution < -0.4 is 0 Å². The summed E-state index contributed by atoms with van der Waals surface area (Å²) in [7, 11) is 2.12. The number of amides is 1. The summed E-state index contributed by atoms with van der Waals surface area (Å²) in [6.45, 7) is 10.3. The highest BCUT2D eigenvalue weighted by molar-refractivity contribution is 5.93. The van der Waals surface area contributed by atoms with Gasteiger partial charge in [-0.25, -0.2) is 9.97 Å². The van der Waals surface area contributed by atoms with E-state index in [2.05, 4.69) is 37.6 Å². The van der Waals surface area contributed by atoms with Crippen molar-refractivity contribution in [3.05, 3.63) is 35.7 Å². The maximum absolute atomic E-state index is 14.0. The molecule has 3 aliphatic rings. The van der Waals surface area contributed by atoms with Crippen molar-refractivity contribution in [2.45, 2.75) is 44.4 Å². The molecule has 2 fully saturated rings. The topological polar surface area (TPSA) is 49.3 Å². The minimum atomic E-state index is -0.552. The van der Waals surface area contributed by atoms with Crippen molar-refractivity contribution in [1.29, 1.82) is 0 Å². The number of fused-ring (bicyclic) bond motifs is 6. The molecule has 1 aromatic carbocycles. The number of aromatic nitrogens is 2. The zero-order valence-electron chi connectivity index (χ0n) is 16.7. The molecule has 5 nitrogen and oxygen atoms in total. The Bertz CT molecular complexity index is 946. The molecule has 2 atom stereocenters. The summed E-state index contributed by atoms with van der Waals surface area (Å²) in [6.07, 6.45) is 1.88. The van der Waals surface area contributed by atoms with Crippen LogP contribution in [-0.4, -0.2) is 58.9 Å². The number of benzene rings is 1. The number of nitrogens with zero attached hydrogens (tertiary/aromatic N) is 4. The van der Waals surface area contributed by atoms with Crippen molar-refractivity contribution < 1.29 is 4.79 Å². The van der Waals surface area contributed by atoms with Gasteiger partial charge in [-0.1, -0.05) is 32.9 Å². The van der Waals surface area contributed by atoms with E-state index in [1.54, 1.807) is 0 Å². The van der Waals surface area contributed by atoms with Gasteiger partial charge in [0.05, 0.1) is 27.8 Å². The fourth-order valence-corrected chi connectivity index (χ4v) is 5.80. The minimum Gasteiger partial charge on any atom is -0.339 e. The predicted molar refractivity (Wildman–Crippen MR) is 106 cm³/mol. The van der Waals surface area contributed by atoms with Crippen LogP contribution in [0.4, 0.5) is 0 Å². The second kappa shape index (κ2) is 5.28. The van der Waals surface area contributed by atoms with E-state index in [1.807, 2.05) is 24.3 Å². The first-order chi connectivity index (χ1) is 12.8.